The topological polar surface area (TPSA) is 497 Å². The number of ketones is 1. The molecule has 2 aromatic heterocycles. The number of aliphatic hydroxyl groups excluding tert-OH is 1. The van der Waals surface area contributed by atoms with Crippen molar-refractivity contribution in [3.8, 4) is 0 Å². The number of Topliss-reactive ketones (excluding diaryl/α,β-unsaturated/α-hetero) is 1. The lowest BCUT2D eigenvalue weighted by Gasteiger charge is -2.28. The van der Waals surface area contributed by atoms with Gasteiger partial charge in [-0.25, -0.2) is 28.5 Å². The number of imidazole rings is 1. The van der Waals surface area contributed by atoms with Gasteiger partial charge in [0, 0.05) is 83.9 Å². The highest BCUT2D eigenvalue weighted by Gasteiger charge is 2.48. The fraction of sp³-hybridized carbons (Fsp3) is 0.526. The molecule has 5 unspecified atom stereocenters. The average Bonchev–Trinajstić information content (AvgIpc) is 1.60. The monoisotopic (exact) mass is 1510 g/mol. The fourth-order valence-corrected chi connectivity index (χ4v) is 18.5. The van der Waals surface area contributed by atoms with Gasteiger partial charge >= 0.3 is 31.3 Å². The molecule has 3 aliphatic heterocycles. The number of aryl methyl sites for hydroxylation is 1. The molecule has 542 valence electrons. The molecule has 12 N–H and O–H groups in total. The molecule has 4 aliphatic rings. The molecule has 0 radical (unpaired) electrons. The number of carbonyl (C=O) groups is 1. The lowest BCUT2D eigenvalue weighted by molar-refractivity contribution is -0.437. The van der Waals surface area contributed by atoms with E-state index in [4.69, 9.17) is 24.6 Å². The fourth-order valence-electron chi connectivity index (χ4n) is 12.1. The van der Waals surface area contributed by atoms with Gasteiger partial charge in [-0.05, 0) is 100 Å². The zero-order valence-corrected chi connectivity index (χ0v) is 60.0. The van der Waals surface area contributed by atoms with Crippen molar-refractivity contribution in [2.24, 2.45) is 0 Å². The van der Waals surface area contributed by atoms with Gasteiger partial charge in [0.2, 0.25) is 11.6 Å². The molecule has 5 heterocycles. The molecule has 41 heteroatoms. The zero-order chi connectivity index (χ0) is 71.8. The van der Waals surface area contributed by atoms with Crippen LogP contribution in [0.25, 0.3) is 11.2 Å². The van der Waals surface area contributed by atoms with E-state index in [-0.39, 0.29) is 74.5 Å². The average molecular weight is 1510 g/mol. The molecule has 98 heavy (non-hydrogen) atoms. The smallest absolute Gasteiger partial charge is 0.390 e. The summed E-state index contributed by atoms with van der Waals surface area (Å²) in [5.74, 6) is -1.19. The standard InChI is InChI=1S/C57H80N8O26P4S3/c1-37-17-21-44-42(32-37)56(2,3)48(63(44)27-12-30-97(78,79)80)23-18-38-14-11-15-39(19-24-49-57(4,5)43-33-41(96-88-87-69)20-22-45(43)64(49)28-13-31-98(81,82)83)51(38)59-26-25-40(66)16-9-7-6-8-10-29-84-92(70,71)89-94(74,75)91-95(76,77)90-93(72,73)85-35-47-46(67)34-50(86-47)65-36-60-52-53(65)61-55(58)62-54(52)68/h17-24,32-33,36,46-47,50,67H,6-16,25-31,34-35H2,1-5H3,(H10,58,61,62,68,69,70,71,72,73,74,75,76,77,78,79,80,81,82,83)/p+1/b38-18+,48-23-/t46?,47-,50-/m1/s1. The number of fused-ring (bicyclic) bond motifs is 3. The molecule has 34 nitrogen and oxygen atoms in total. The first-order valence-electron chi connectivity index (χ1n) is 30.9. The number of nitrogens with two attached hydrogens (primary N) is 1. The van der Waals surface area contributed by atoms with Crippen LogP contribution in [0.15, 0.2) is 99.3 Å². The summed E-state index contributed by atoms with van der Waals surface area (Å²) in [6, 6.07) is 11.6. The largest absolute Gasteiger partial charge is 0.490 e. The number of anilines is 2. The van der Waals surface area contributed by atoms with Gasteiger partial charge in [-0.2, -0.15) is 39.3 Å². The van der Waals surface area contributed by atoms with E-state index in [9.17, 15) is 78.5 Å². The van der Waals surface area contributed by atoms with Gasteiger partial charge in [0.15, 0.2) is 16.9 Å². The maximum atomic E-state index is 13.5. The molecule has 8 rings (SSSR count). The number of allylic oxidation sites excluding steroid dienone is 7. The Balaban J connectivity index is 0.857. The summed E-state index contributed by atoms with van der Waals surface area (Å²) in [6.45, 7) is 9.49. The van der Waals surface area contributed by atoms with E-state index in [2.05, 4.69) is 67.6 Å². The maximum Gasteiger partial charge on any atom is 0.490 e. The molecule has 1 saturated heterocycles. The SMILES string of the molecule is Cc1ccc2c(c1)C(C)(C)/C(=C/C=C1\CCCC(/C=C/C3=[N+](CCCS(=O)(=O)O)c4ccc(SOOO)cc4C3(C)C)=C1NCCC(=O)CCCCCCCOP(=O)(O)OP(=O)(O)OP(=O)(O)OP(=O)(O)OC[C@H]1O[C@@H](n3cnc4c(=O)[nH]c(N)nc43)CC1O)N2CCCS(=O)(=O)O. The quantitative estimate of drug-likeness (QED) is 0.00382. The van der Waals surface area contributed by atoms with Crippen molar-refractivity contribution < 1.29 is 120 Å². The van der Waals surface area contributed by atoms with E-state index < -0.39 is 111 Å². The van der Waals surface area contributed by atoms with Crippen LogP contribution in [0.3, 0.4) is 0 Å². The lowest BCUT2D eigenvalue weighted by atomic mass is 9.81. The van der Waals surface area contributed by atoms with Gasteiger partial charge in [-0.3, -0.25) is 37.3 Å². The van der Waals surface area contributed by atoms with Crippen LogP contribution in [-0.2, 0) is 90.2 Å². The molecule has 2 aromatic carbocycles. The van der Waals surface area contributed by atoms with Crippen LogP contribution < -0.4 is 21.5 Å². The third kappa shape index (κ3) is 21.3. The number of unbranched alkanes of at least 4 members (excludes halogenated alkanes) is 4. The molecule has 0 spiro atoms. The Bertz CT molecular complexity index is 4290. The minimum absolute atomic E-state index is 0.0198. The van der Waals surface area contributed by atoms with E-state index in [0.29, 0.717) is 50.0 Å². The predicted octanol–water partition coefficient (Wildman–Crippen LogP) is 8.70. The molecule has 0 bridgehead atoms. The number of nitrogens with one attached hydrogen (secondary N) is 2. The number of aromatic nitrogens is 4. The Hall–Kier alpha value is -4.98. The first-order valence-corrected chi connectivity index (χ1v) is 40.8. The second-order valence-corrected chi connectivity index (χ2v) is 34.8. The first kappa shape index (κ1) is 78.7. The maximum absolute atomic E-state index is 13.5. The number of hydrogen-bond acceptors (Lipinski definition) is 26. The number of phosphoric acid groups is 4. The Kier molecular flexibility index (Phi) is 26.2. The number of nitrogen functional groups attached to an aromatic ring is 1. The van der Waals surface area contributed by atoms with Gasteiger partial charge in [-0.1, -0.05) is 68.0 Å². The molecular weight excluding hydrogens is 1430 g/mol. The van der Waals surface area contributed by atoms with Crippen molar-refractivity contribution in [1.82, 2.24) is 24.8 Å². The van der Waals surface area contributed by atoms with Gasteiger partial charge in [0.25, 0.3) is 25.8 Å². The third-order valence-corrected chi connectivity index (χ3v) is 24.7. The molecule has 1 fully saturated rings. The Morgan fingerprint density at radius 3 is 2.22 bits per heavy atom. The second kappa shape index (κ2) is 32.6. The van der Waals surface area contributed by atoms with Gasteiger partial charge in [0.1, 0.15) is 24.7 Å². The van der Waals surface area contributed by atoms with Crippen LogP contribution in [0, 0.1) is 6.92 Å². The predicted molar refractivity (Wildman–Crippen MR) is 357 cm³/mol. The van der Waals surface area contributed by atoms with Crippen molar-refractivity contribution >= 4 is 104 Å². The lowest BCUT2D eigenvalue weighted by Crippen LogP contribution is -2.28. The zero-order valence-electron chi connectivity index (χ0n) is 54.0. The number of rotatable bonds is 37. The summed E-state index contributed by atoms with van der Waals surface area (Å²) < 4.78 is 152. The molecule has 4 aromatic rings. The van der Waals surface area contributed by atoms with Crippen molar-refractivity contribution in [3.05, 3.63) is 117 Å². The number of hydrogen-bond donors (Lipinski definition) is 11. The highest BCUT2D eigenvalue weighted by molar-refractivity contribution is 7.94. The van der Waals surface area contributed by atoms with Crippen molar-refractivity contribution in [2.75, 3.05) is 55.0 Å². The van der Waals surface area contributed by atoms with E-state index >= 15 is 0 Å². The van der Waals surface area contributed by atoms with E-state index in [0.717, 1.165) is 74.8 Å². The van der Waals surface area contributed by atoms with Crippen LogP contribution in [0.5, 0.6) is 0 Å². The number of benzene rings is 2. The van der Waals surface area contributed by atoms with Gasteiger partial charge in [-0.15, -0.1) is 4.33 Å². The Morgan fingerprint density at radius 1 is 0.847 bits per heavy atom. The first-order chi connectivity index (χ1) is 45.8. The van der Waals surface area contributed by atoms with Crippen molar-refractivity contribution in [1.29, 1.82) is 0 Å². The van der Waals surface area contributed by atoms with Crippen molar-refractivity contribution in [2.45, 2.75) is 152 Å². The summed E-state index contributed by atoms with van der Waals surface area (Å²) in [5.41, 5.74) is 12.7. The van der Waals surface area contributed by atoms with Crippen molar-refractivity contribution in [3.63, 3.8) is 0 Å². The Labute approximate surface area is 569 Å². The summed E-state index contributed by atoms with van der Waals surface area (Å²) in [5, 5.41) is 26.8. The molecule has 0 saturated carbocycles. The van der Waals surface area contributed by atoms with E-state index in [1.165, 1.54) is 10.9 Å². The van der Waals surface area contributed by atoms with Crippen LogP contribution >= 0.6 is 43.3 Å². The van der Waals surface area contributed by atoms with E-state index in [1.54, 1.807) is 6.07 Å². The number of carbonyl (C=O) groups excluding carboxylic acids is 1. The molecule has 1 aliphatic carbocycles. The minimum atomic E-state index is -6.13. The number of ether oxygens (including phenoxy) is 1. The van der Waals surface area contributed by atoms with E-state index in [1.807, 2.05) is 73.9 Å². The number of aliphatic hydroxyl groups is 1. The van der Waals surface area contributed by atoms with Gasteiger partial charge < -0.3 is 45.4 Å². The minimum Gasteiger partial charge on any atom is -0.390 e. The summed E-state index contributed by atoms with van der Waals surface area (Å²) in [4.78, 5) is 78.9. The van der Waals surface area contributed by atoms with Gasteiger partial charge in [0.05, 0.1) is 54.6 Å². The van der Waals surface area contributed by atoms with Crippen LogP contribution in [-0.4, -0.2) is 148 Å². The number of phosphoric ester groups is 2. The van der Waals surface area contributed by atoms with Crippen LogP contribution in [0.2, 0.25) is 0 Å². The second-order valence-electron chi connectivity index (χ2n) is 24.7. The summed E-state index contributed by atoms with van der Waals surface area (Å²) >= 11 is 0.794. The highest BCUT2D eigenvalue weighted by Crippen LogP contribution is 2.71. The number of nitrogens with zero attached hydrogens (tertiary/aromatic N) is 5. The van der Waals surface area contributed by atoms with Crippen LogP contribution in [0.4, 0.5) is 17.3 Å². The molecular formula is C57H81N8O26P4S3+. The molecule has 7 atom stereocenters. The van der Waals surface area contributed by atoms with Crippen LogP contribution in [0.1, 0.15) is 134 Å². The number of aromatic amines is 1. The molecule has 0 amide bonds. The Morgan fingerprint density at radius 2 is 1.52 bits per heavy atom. The normalized spacial score (nSPS) is 22.0. The highest BCUT2D eigenvalue weighted by atomic mass is 32.2. The third-order valence-electron chi connectivity index (χ3n) is 16.6. The summed E-state index contributed by atoms with van der Waals surface area (Å²) in [7, 11) is -32.0. The summed E-state index contributed by atoms with van der Waals surface area (Å²) in [6.07, 6.45) is 9.84. The number of H-pyrrole nitrogens is 1.